The standard InChI is InChI=1S/C16H15ClN2O/c1-3-15(12-5-4-6-14(17)9-12)20-16-13(10-18)8-7-11(2)19-16/h4-9,15H,3H2,1-2H3. The minimum atomic E-state index is -0.171. The van der Waals surface area contributed by atoms with E-state index in [1.165, 1.54) is 0 Å². The molecule has 1 heterocycles. The number of benzene rings is 1. The van der Waals surface area contributed by atoms with E-state index in [2.05, 4.69) is 11.1 Å². The van der Waals surface area contributed by atoms with E-state index < -0.39 is 0 Å². The molecule has 1 unspecified atom stereocenters. The first kappa shape index (κ1) is 14.4. The summed E-state index contributed by atoms with van der Waals surface area (Å²) >= 11 is 6.01. The Bertz CT molecular complexity index is 649. The number of aromatic nitrogens is 1. The predicted octanol–water partition coefficient (Wildman–Crippen LogP) is 4.45. The summed E-state index contributed by atoms with van der Waals surface area (Å²) in [6.07, 6.45) is 0.594. The first-order valence-corrected chi connectivity index (χ1v) is 6.81. The van der Waals surface area contributed by atoms with Crippen LogP contribution in [0, 0.1) is 18.3 Å². The van der Waals surface area contributed by atoms with Gasteiger partial charge >= 0.3 is 0 Å². The second kappa shape index (κ2) is 6.40. The highest BCUT2D eigenvalue weighted by molar-refractivity contribution is 6.30. The summed E-state index contributed by atoms with van der Waals surface area (Å²) in [6.45, 7) is 3.89. The summed E-state index contributed by atoms with van der Waals surface area (Å²) in [6, 6.07) is 13.2. The van der Waals surface area contributed by atoms with Gasteiger partial charge in [0.15, 0.2) is 0 Å². The van der Waals surface area contributed by atoms with Crippen LogP contribution in [0.4, 0.5) is 0 Å². The van der Waals surface area contributed by atoms with E-state index in [-0.39, 0.29) is 6.10 Å². The monoisotopic (exact) mass is 286 g/mol. The van der Waals surface area contributed by atoms with E-state index in [0.29, 0.717) is 16.5 Å². The fourth-order valence-corrected chi connectivity index (χ4v) is 2.14. The maximum Gasteiger partial charge on any atom is 0.232 e. The van der Waals surface area contributed by atoms with E-state index in [4.69, 9.17) is 21.6 Å². The topological polar surface area (TPSA) is 45.9 Å². The molecule has 2 aromatic rings. The molecule has 4 heteroatoms. The molecule has 0 saturated heterocycles. The lowest BCUT2D eigenvalue weighted by Gasteiger charge is -2.18. The van der Waals surface area contributed by atoms with Crippen LogP contribution in [0.15, 0.2) is 36.4 Å². The number of nitriles is 1. The summed E-state index contributed by atoms with van der Waals surface area (Å²) in [7, 11) is 0. The van der Waals surface area contributed by atoms with Crippen molar-refractivity contribution < 1.29 is 4.74 Å². The number of nitrogens with zero attached hydrogens (tertiary/aromatic N) is 2. The van der Waals surface area contributed by atoms with Crippen molar-refractivity contribution in [3.8, 4) is 11.9 Å². The number of hydrogen-bond donors (Lipinski definition) is 0. The summed E-state index contributed by atoms with van der Waals surface area (Å²) in [5.74, 6) is 0.374. The average Bonchev–Trinajstić information content (AvgIpc) is 2.45. The lowest BCUT2D eigenvalue weighted by atomic mass is 10.1. The van der Waals surface area contributed by atoms with Gasteiger partial charge in [-0.1, -0.05) is 30.7 Å². The molecule has 1 aromatic heterocycles. The van der Waals surface area contributed by atoms with Crippen LogP contribution in [-0.2, 0) is 0 Å². The van der Waals surface area contributed by atoms with Crippen molar-refractivity contribution in [2.24, 2.45) is 0 Å². The normalized spacial score (nSPS) is 11.7. The molecule has 0 aliphatic heterocycles. The molecule has 1 aromatic carbocycles. The smallest absolute Gasteiger partial charge is 0.232 e. The van der Waals surface area contributed by atoms with Crippen molar-refractivity contribution in [3.63, 3.8) is 0 Å². The Kier molecular flexibility index (Phi) is 4.60. The molecule has 0 aliphatic carbocycles. The van der Waals surface area contributed by atoms with Gasteiger partial charge in [0.25, 0.3) is 0 Å². The third kappa shape index (κ3) is 3.28. The molecule has 0 fully saturated rings. The van der Waals surface area contributed by atoms with Crippen LogP contribution < -0.4 is 4.74 Å². The summed E-state index contributed by atoms with van der Waals surface area (Å²) in [5, 5.41) is 9.79. The third-order valence-corrected chi connectivity index (χ3v) is 3.20. The largest absolute Gasteiger partial charge is 0.469 e. The zero-order chi connectivity index (χ0) is 14.5. The first-order chi connectivity index (χ1) is 9.63. The molecule has 102 valence electrons. The maximum absolute atomic E-state index is 9.12. The van der Waals surface area contributed by atoms with E-state index in [1.54, 1.807) is 12.1 Å². The molecule has 0 aliphatic rings. The van der Waals surface area contributed by atoms with E-state index in [1.807, 2.05) is 38.1 Å². The Morgan fingerprint density at radius 2 is 2.15 bits per heavy atom. The molecule has 0 spiro atoms. The molecular weight excluding hydrogens is 272 g/mol. The SMILES string of the molecule is CCC(Oc1nc(C)ccc1C#N)c1cccc(Cl)c1. The van der Waals surface area contributed by atoms with Crippen LogP contribution in [0.2, 0.25) is 5.02 Å². The van der Waals surface area contributed by atoms with Crippen LogP contribution in [0.5, 0.6) is 5.88 Å². The molecule has 0 saturated carbocycles. The molecular formula is C16H15ClN2O. The molecule has 0 radical (unpaired) electrons. The minimum absolute atomic E-state index is 0.171. The molecule has 0 bridgehead atoms. The fraction of sp³-hybridized carbons (Fsp3) is 0.250. The van der Waals surface area contributed by atoms with Crippen LogP contribution in [0.3, 0.4) is 0 Å². The fourth-order valence-electron chi connectivity index (χ4n) is 1.94. The van der Waals surface area contributed by atoms with Gasteiger partial charge in [-0.05, 0) is 43.2 Å². The number of aryl methyl sites for hydroxylation is 1. The predicted molar refractivity (Wildman–Crippen MR) is 78.8 cm³/mol. The molecule has 0 N–H and O–H groups in total. The highest BCUT2D eigenvalue weighted by Gasteiger charge is 2.15. The Balaban J connectivity index is 2.31. The molecule has 0 amide bonds. The van der Waals surface area contributed by atoms with Gasteiger partial charge in [-0.25, -0.2) is 4.98 Å². The highest BCUT2D eigenvalue weighted by Crippen LogP contribution is 2.27. The maximum atomic E-state index is 9.12. The van der Waals surface area contributed by atoms with Gasteiger partial charge in [0, 0.05) is 10.7 Å². The molecule has 2 rings (SSSR count). The quantitative estimate of drug-likeness (QED) is 0.834. The van der Waals surface area contributed by atoms with Crippen molar-refractivity contribution in [3.05, 3.63) is 58.2 Å². The van der Waals surface area contributed by atoms with Crippen LogP contribution in [0.1, 0.15) is 36.3 Å². The zero-order valence-corrected chi connectivity index (χ0v) is 12.2. The van der Waals surface area contributed by atoms with Crippen LogP contribution in [0.25, 0.3) is 0 Å². The van der Waals surface area contributed by atoms with Gasteiger partial charge in [0.1, 0.15) is 17.7 Å². The van der Waals surface area contributed by atoms with Crippen molar-refractivity contribution >= 4 is 11.6 Å². The average molecular weight is 287 g/mol. The second-order valence-corrected chi connectivity index (χ2v) is 4.92. The van der Waals surface area contributed by atoms with Gasteiger partial charge < -0.3 is 4.74 Å². The van der Waals surface area contributed by atoms with Gasteiger partial charge in [0.05, 0.1) is 0 Å². The third-order valence-electron chi connectivity index (χ3n) is 2.97. The molecule has 3 nitrogen and oxygen atoms in total. The Morgan fingerprint density at radius 1 is 1.35 bits per heavy atom. The van der Waals surface area contributed by atoms with Gasteiger partial charge in [-0.15, -0.1) is 0 Å². The van der Waals surface area contributed by atoms with E-state index >= 15 is 0 Å². The first-order valence-electron chi connectivity index (χ1n) is 6.44. The number of pyridine rings is 1. The Hall–Kier alpha value is -2.05. The van der Waals surface area contributed by atoms with E-state index in [9.17, 15) is 0 Å². The molecule has 1 atom stereocenters. The van der Waals surface area contributed by atoms with Gasteiger partial charge in [0.2, 0.25) is 5.88 Å². The summed E-state index contributed by atoms with van der Waals surface area (Å²) in [5.41, 5.74) is 2.24. The minimum Gasteiger partial charge on any atom is -0.469 e. The Labute approximate surface area is 123 Å². The lowest BCUT2D eigenvalue weighted by molar-refractivity contribution is 0.192. The number of hydrogen-bond acceptors (Lipinski definition) is 3. The number of halogens is 1. The van der Waals surface area contributed by atoms with Crippen molar-refractivity contribution in [1.82, 2.24) is 4.98 Å². The summed E-state index contributed by atoms with van der Waals surface area (Å²) in [4.78, 5) is 4.30. The number of rotatable bonds is 4. The second-order valence-electron chi connectivity index (χ2n) is 4.49. The van der Waals surface area contributed by atoms with Gasteiger partial charge in [-0.2, -0.15) is 5.26 Å². The lowest BCUT2D eigenvalue weighted by Crippen LogP contribution is -2.09. The summed E-state index contributed by atoms with van der Waals surface area (Å²) < 4.78 is 5.92. The number of ether oxygens (including phenoxy) is 1. The highest BCUT2D eigenvalue weighted by atomic mass is 35.5. The van der Waals surface area contributed by atoms with Crippen molar-refractivity contribution in [2.45, 2.75) is 26.4 Å². The zero-order valence-electron chi connectivity index (χ0n) is 11.4. The van der Waals surface area contributed by atoms with Crippen LogP contribution in [-0.4, -0.2) is 4.98 Å². The van der Waals surface area contributed by atoms with Crippen molar-refractivity contribution in [2.75, 3.05) is 0 Å². The van der Waals surface area contributed by atoms with E-state index in [0.717, 1.165) is 17.7 Å². The van der Waals surface area contributed by atoms with Crippen LogP contribution >= 0.6 is 11.6 Å². The molecule has 20 heavy (non-hydrogen) atoms. The van der Waals surface area contributed by atoms with Crippen molar-refractivity contribution in [1.29, 1.82) is 5.26 Å². The van der Waals surface area contributed by atoms with Gasteiger partial charge in [-0.3, -0.25) is 0 Å². The Morgan fingerprint density at radius 3 is 2.80 bits per heavy atom.